The molecule has 212 valence electrons. The van der Waals surface area contributed by atoms with Crippen molar-refractivity contribution in [2.45, 2.75) is 52.2 Å². The average Bonchev–Trinajstić information content (AvgIpc) is 2.98. The number of amides is 2. The lowest BCUT2D eigenvalue weighted by molar-refractivity contribution is -0.147. The Kier molecular flexibility index (Phi) is 11.7. The van der Waals surface area contributed by atoms with Gasteiger partial charge in [0.05, 0.1) is 12.5 Å². The maximum Gasteiger partial charge on any atom is 0.247 e. The van der Waals surface area contributed by atoms with Crippen LogP contribution >= 0.6 is 11.6 Å². The first kappa shape index (κ1) is 30.8. The second kappa shape index (κ2) is 15.2. The molecule has 0 heterocycles. The largest absolute Gasteiger partial charge is 0.494 e. The van der Waals surface area contributed by atoms with E-state index in [0.717, 1.165) is 27.4 Å². The molecule has 5 N–H and O–H groups in total. The lowest BCUT2D eigenvalue weighted by Crippen LogP contribution is -2.56. The number of Topliss-reactive ketones (excluding diaryl/α,β-unsaturated/α-hetero) is 1. The highest BCUT2D eigenvalue weighted by molar-refractivity contribution is 6.31. The summed E-state index contributed by atoms with van der Waals surface area (Å²) in [7, 11) is 0. The number of ketones is 1. The van der Waals surface area contributed by atoms with Gasteiger partial charge in [0.25, 0.3) is 0 Å². The molecule has 0 aliphatic heterocycles. The number of carbonyl (C=O) groups is 3. The maximum atomic E-state index is 13.3. The van der Waals surface area contributed by atoms with Crippen LogP contribution in [0.15, 0.2) is 72.8 Å². The predicted octanol–water partition coefficient (Wildman–Crippen LogP) is 3.97. The Labute approximate surface area is 240 Å². The summed E-state index contributed by atoms with van der Waals surface area (Å²) in [6.07, 6.45) is 0.828. The van der Waals surface area contributed by atoms with Gasteiger partial charge in [-0.2, -0.15) is 0 Å². The van der Waals surface area contributed by atoms with Crippen molar-refractivity contribution in [1.82, 2.24) is 10.3 Å². The van der Waals surface area contributed by atoms with E-state index < -0.39 is 23.8 Å². The zero-order chi connectivity index (χ0) is 29.1. The monoisotopic (exact) mass is 564 g/mol. The van der Waals surface area contributed by atoms with Gasteiger partial charge in [0.1, 0.15) is 17.6 Å². The van der Waals surface area contributed by atoms with E-state index in [4.69, 9.17) is 27.9 Å². The number of hydrogen-bond donors (Lipinski definition) is 3. The van der Waals surface area contributed by atoms with Gasteiger partial charge in [-0.25, -0.2) is 5.84 Å². The Balaban J connectivity index is 1.67. The number of halogens is 1. The molecule has 0 radical (unpaired) electrons. The standard InChI is InChI=1S/C31H37ClN4O4/c1-3-40-26-14-10-22(11-15-26)12-16-29(37)21(2)31(39)36(34)28(18-23-7-5-4-6-8-23)30(38)35-20-25-13-9-24(19-33)17-27(25)32/h4-11,13-15,17,21,28H,3,12,16,18-20,33-34H2,1-2H3,(H,35,38). The minimum absolute atomic E-state index is 0.145. The van der Waals surface area contributed by atoms with E-state index in [-0.39, 0.29) is 25.2 Å². The van der Waals surface area contributed by atoms with Crippen molar-refractivity contribution in [2.24, 2.45) is 17.5 Å². The van der Waals surface area contributed by atoms with Crippen molar-refractivity contribution in [1.29, 1.82) is 0 Å². The minimum atomic E-state index is -1.03. The number of nitrogens with one attached hydrogen (secondary N) is 1. The van der Waals surface area contributed by atoms with Crippen LogP contribution in [-0.4, -0.2) is 35.3 Å². The first-order chi connectivity index (χ1) is 19.2. The lowest BCUT2D eigenvalue weighted by Gasteiger charge is -2.29. The number of aryl methyl sites for hydroxylation is 1. The van der Waals surface area contributed by atoms with Crippen LogP contribution in [0, 0.1) is 5.92 Å². The molecular formula is C31H37ClN4O4. The van der Waals surface area contributed by atoms with Crippen LogP contribution in [-0.2, 0) is 40.3 Å². The third-order valence-electron chi connectivity index (χ3n) is 6.72. The topological polar surface area (TPSA) is 128 Å². The zero-order valence-corrected chi connectivity index (χ0v) is 23.7. The van der Waals surface area contributed by atoms with Crippen LogP contribution < -0.4 is 21.6 Å². The van der Waals surface area contributed by atoms with E-state index in [1.807, 2.05) is 67.6 Å². The summed E-state index contributed by atoms with van der Waals surface area (Å²) in [6.45, 7) is 4.51. The second-order valence-corrected chi connectivity index (χ2v) is 9.97. The fraction of sp³-hybridized carbons (Fsp3) is 0.323. The molecule has 0 saturated carbocycles. The van der Waals surface area contributed by atoms with Crippen LogP contribution in [0.3, 0.4) is 0 Å². The third kappa shape index (κ3) is 8.64. The van der Waals surface area contributed by atoms with Gasteiger partial charge in [-0.1, -0.05) is 66.2 Å². The molecule has 0 fully saturated rings. The van der Waals surface area contributed by atoms with E-state index in [1.54, 1.807) is 12.1 Å². The van der Waals surface area contributed by atoms with Crippen molar-refractivity contribution >= 4 is 29.2 Å². The molecule has 3 aromatic rings. The Morgan fingerprint density at radius 2 is 1.65 bits per heavy atom. The van der Waals surface area contributed by atoms with E-state index in [2.05, 4.69) is 5.32 Å². The summed E-state index contributed by atoms with van der Waals surface area (Å²) in [6, 6.07) is 21.1. The first-order valence-corrected chi connectivity index (χ1v) is 13.7. The number of carbonyl (C=O) groups excluding carboxylic acids is 3. The highest BCUT2D eigenvalue weighted by Crippen LogP contribution is 2.19. The molecule has 3 rings (SSSR count). The summed E-state index contributed by atoms with van der Waals surface area (Å²) in [4.78, 5) is 39.6. The summed E-state index contributed by atoms with van der Waals surface area (Å²) in [5.41, 5.74) is 9.03. The molecule has 0 aromatic heterocycles. The number of ether oxygens (including phenoxy) is 1. The van der Waals surface area contributed by atoms with Crippen LogP contribution in [0.2, 0.25) is 5.02 Å². The number of nitrogens with zero attached hydrogens (tertiary/aromatic N) is 1. The van der Waals surface area contributed by atoms with E-state index in [0.29, 0.717) is 30.2 Å². The smallest absolute Gasteiger partial charge is 0.247 e. The molecule has 8 nitrogen and oxygen atoms in total. The fourth-order valence-electron chi connectivity index (χ4n) is 4.23. The molecule has 9 heteroatoms. The van der Waals surface area contributed by atoms with Crippen molar-refractivity contribution < 1.29 is 19.1 Å². The number of rotatable bonds is 14. The molecule has 0 aliphatic carbocycles. The fourth-order valence-corrected chi connectivity index (χ4v) is 4.50. The Bertz CT molecular complexity index is 1280. The molecule has 2 atom stereocenters. The Morgan fingerprint density at radius 3 is 2.27 bits per heavy atom. The lowest BCUT2D eigenvalue weighted by atomic mass is 9.97. The van der Waals surface area contributed by atoms with Crippen LogP contribution in [0.25, 0.3) is 0 Å². The summed E-state index contributed by atoms with van der Waals surface area (Å²) < 4.78 is 5.45. The van der Waals surface area contributed by atoms with Crippen LogP contribution in [0.1, 0.15) is 42.5 Å². The number of nitrogens with two attached hydrogens (primary N) is 2. The number of hydrogen-bond acceptors (Lipinski definition) is 6. The van der Waals surface area contributed by atoms with Gasteiger partial charge in [0, 0.05) is 31.0 Å². The van der Waals surface area contributed by atoms with E-state index >= 15 is 0 Å². The van der Waals surface area contributed by atoms with Crippen molar-refractivity contribution in [3.63, 3.8) is 0 Å². The van der Waals surface area contributed by atoms with Crippen molar-refractivity contribution in [2.75, 3.05) is 6.61 Å². The van der Waals surface area contributed by atoms with E-state index in [1.165, 1.54) is 6.92 Å². The number of benzene rings is 3. The van der Waals surface area contributed by atoms with E-state index in [9.17, 15) is 14.4 Å². The number of hydrazine groups is 1. The second-order valence-electron chi connectivity index (χ2n) is 9.56. The van der Waals surface area contributed by atoms with Gasteiger partial charge >= 0.3 is 0 Å². The normalized spacial score (nSPS) is 12.3. The third-order valence-corrected chi connectivity index (χ3v) is 7.07. The summed E-state index contributed by atoms with van der Waals surface area (Å²) in [5.74, 6) is 4.70. The van der Waals surface area contributed by atoms with Gasteiger partial charge in [-0.05, 0) is 60.7 Å². The molecule has 3 aromatic carbocycles. The zero-order valence-electron chi connectivity index (χ0n) is 22.9. The van der Waals surface area contributed by atoms with Crippen molar-refractivity contribution in [3.8, 4) is 5.75 Å². The highest BCUT2D eigenvalue weighted by atomic mass is 35.5. The van der Waals surface area contributed by atoms with Gasteiger partial charge in [-0.3, -0.25) is 19.4 Å². The molecule has 0 aliphatic rings. The SMILES string of the molecule is CCOc1ccc(CCC(=O)C(C)C(=O)N(N)C(Cc2ccccc2)C(=O)NCc2ccc(CN)cc2Cl)cc1. The molecule has 2 amide bonds. The van der Waals surface area contributed by atoms with Gasteiger partial charge in [0.15, 0.2) is 0 Å². The van der Waals surface area contributed by atoms with Crippen LogP contribution in [0.5, 0.6) is 5.75 Å². The molecule has 40 heavy (non-hydrogen) atoms. The summed E-state index contributed by atoms with van der Waals surface area (Å²) in [5, 5.41) is 4.21. The van der Waals surface area contributed by atoms with Gasteiger partial charge in [-0.15, -0.1) is 0 Å². The van der Waals surface area contributed by atoms with Gasteiger partial charge in [0.2, 0.25) is 11.8 Å². The first-order valence-electron chi connectivity index (χ1n) is 13.3. The highest BCUT2D eigenvalue weighted by Gasteiger charge is 2.33. The average molecular weight is 565 g/mol. The van der Waals surface area contributed by atoms with Crippen molar-refractivity contribution in [3.05, 3.63) is 100 Å². The predicted molar refractivity (Wildman–Crippen MR) is 156 cm³/mol. The summed E-state index contributed by atoms with van der Waals surface area (Å²) >= 11 is 6.35. The Morgan fingerprint density at radius 1 is 0.975 bits per heavy atom. The van der Waals surface area contributed by atoms with Crippen LogP contribution in [0.4, 0.5) is 0 Å². The Hall–Kier alpha value is -3.72. The molecule has 0 bridgehead atoms. The molecular weight excluding hydrogens is 528 g/mol. The quantitative estimate of drug-likeness (QED) is 0.118. The maximum absolute atomic E-state index is 13.3. The van der Waals surface area contributed by atoms with Gasteiger partial charge < -0.3 is 15.8 Å². The molecule has 2 unspecified atom stereocenters. The minimum Gasteiger partial charge on any atom is -0.494 e. The molecule has 0 saturated heterocycles. The molecule has 0 spiro atoms.